The van der Waals surface area contributed by atoms with Crippen molar-refractivity contribution < 1.29 is 13.2 Å². The van der Waals surface area contributed by atoms with E-state index in [1.54, 1.807) is 20.8 Å². The Morgan fingerprint density at radius 1 is 0.900 bits per heavy atom. The number of sulfone groups is 1. The first-order valence-corrected chi connectivity index (χ1v) is 9.12. The van der Waals surface area contributed by atoms with Gasteiger partial charge in [0.05, 0.1) is 17.1 Å². The van der Waals surface area contributed by atoms with Gasteiger partial charge in [0, 0.05) is 12.0 Å². The van der Waals surface area contributed by atoms with Crippen LogP contribution in [0.15, 0.2) is 0 Å². The van der Waals surface area contributed by atoms with Crippen molar-refractivity contribution in [2.75, 3.05) is 19.0 Å². The molecule has 0 aromatic rings. The molecule has 0 bridgehead atoms. The Hall–Kier alpha value is -0.0900. The minimum Gasteiger partial charge on any atom is -0.381 e. The summed E-state index contributed by atoms with van der Waals surface area (Å²) in [7, 11) is -3.10. The molecule has 122 valence electrons. The van der Waals surface area contributed by atoms with Gasteiger partial charge in [-0.05, 0) is 39.0 Å². The number of ether oxygens (including phenoxy) is 1. The summed E-state index contributed by atoms with van der Waals surface area (Å²) in [5.74, 6) is 0.169. The zero-order chi connectivity index (χ0) is 16.2. The van der Waals surface area contributed by atoms with Crippen molar-refractivity contribution in [1.29, 1.82) is 0 Å². The second-order valence-electron chi connectivity index (χ2n) is 8.75. The summed E-state index contributed by atoms with van der Waals surface area (Å²) < 4.78 is 29.5. The molecule has 0 N–H and O–H groups in total. The molecule has 0 spiro atoms. The van der Waals surface area contributed by atoms with Crippen LogP contribution in [0.3, 0.4) is 0 Å². The Bertz CT molecular complexity index is 381. The van der Waals surface area contributed by atoms with E-state index in [0.717, 1.165) is 12.8 Å². The molecular weight excluding hydrogens is 272 g/mol. The fourth-order valence-electron chi connectivity index (χ4n) is 1.83. The van der Waals surface area contributed by atoms with Crippen LogP contribution in [0.2, 0.25) is 0 Å². The Morgan fingerprint density at radius 2 is 1.40 bits per heavy atom. The molecule has 20 heavy (non-hydrogen) atoms. The number of hydrogen-bond donors (Lipinski definition) is 0. The van der Waals surface area contributed by atoms with Gasteiger partial charge in [0.2, 0.25) is 0 Å². The van der Waals surface area contributed by atoms with Gasteiger partial charge in [-0.1, -0.05) is 34.6 Å². The van der Waals surface area contributed by atoms with Crippen molar-refractivity contribution in [2.24, 2.45) is 10.8 Å². The van der Waals surface area contributed by atoms with Gasteiger partial charge in [0.25, 0.3) is 0 Å². The van der Waals surface area contributed by atoms with Gasteiger partial charge in [-0.2, -0.15) is 0 Å². The number of rotatable bonds is 7. The van der Waals surface area contributed by atoms with Crippen LogP contribution < -0.4 is 0 Å². The summed E-state index contributed by atoms with van der Waals surface area (Å²) in [4.78, 5) is 0. The van der Waals surface area contributed by atoms with Crippen LogP contribution in [0.4, 0.5) is 0 Å². The van der Waals surface area contributed by atoms with Crippen LogP contribution in [-0.2, 0) is 14.6 Å². The van der Waals surface area contributed by atoms with E-state index in [1.165, 1.54) is 0 Å². The fourth-order valence-corrected chi connectivity index (χ4v) is 3.37. The van der Waals surface area contributed by atoms with Gasteiger partial charge in [-0.25, -0.2) is 8.42 Å². The van der Waals surface area contributed by atoms with E-state index in [-0.39, 0.29) is 11.2 Å². The molecule has 0 saturated carbocycles. The molecule has 0 rings (SSSR count). The Labute approximate surface area is 126 Å². The maximum Gasteiger partial charge on any atom is 0.155 e. The maximum atomic E-state index is 12.2. The van der Waals surface area contributed by atoms with E-state index in [2.05, 4.69) is 20.8 Å². The van der Waals surface area contributed by atoms with Crippen molar-refractivity contribution in [3.63, 3.8) is 0 Å². The summed E-state index contributed by atoms with van der Waals surface area (Å²) >= 11 is 0. The minimum atomic E-state index is -3.10. The lowest BCUT2D eigenvalue weighted by atomic mass is 9.91. The van der Waals surface area contributed by atoms with Crippen molar-refractivity contribution in [2.45, 2.75) is 73.0 Å². The minimum absolute atomic E-state index is 0.169. The zero-order valence-electron chi connectivity index (χ0n) is 14.7. The van der Waals surface area contributed by atoms with Crippen molar-refractivity contribution in [3.8, 4) is 0 Å². The summed E-state index contributed by atoms with van der Waals surface area (Å²) in [5.41, 5.74) is -0.0116. The molecule has 0 fully saturated rings. The highest BCUT2D eigenvalue weighted by Gasteiger charge is 2.35. The van der Waals surface area contributed by atoms with Crippen LogP contribution >= 0.6 is 0 Å². The first-order chi connectivity index (χ1) is 8.66. The third kappa shape index (κ3) is 8.25. The summed E-state index contributed by atoms with van der Waals surface area (Å²) in [5, 5.41) is 0. The third-order valence-electron chi connectivity index (χ3n) is 3.22. The van der Waals surface area contributed by atoms with Crippen molar-refractivity contribution in [1.82, 2.24) is 0 Å². The van der Waals surface area contributed by atoms with Crippen molar-refractivity contribution >= 4 is 9.84 Å². The molecule has 0 aliphatic rings. The highest BCUT2D eigenvalue weighted by molar-refractivity contribution is 7.92. The van der Waals surface area contributed by atoms with Gasteiger partial charge in [-0.15, -0.1) is 0 Å². The monoisotopic (exact) mass is 306 g/mol. The molecule has 0 heterocycles. The Kier molecular flexibility index (Phi) is 6.75. The molecular formula is C16H34O3S. The lowest BCUT2D eigenvalue weighted by Crippen LogP contribution is -2.38. The number of hydrogen-bond acceptors (Lipinski definition) is 3. The molecule has 0 atom stereocenters. The second-order valence-corrected chi connectivity index (χ2v) is 11.5. The van der Waals surface area contributed by atoms with Crippen molar-refractivity contribution in [3.05, 3.63) is 0 Å². The van der Waals surface area contributed by atoms with E-state index in [9.17, 15) is 8.42 Å². The van der Waals surface area contributed by atoms with Crippen LogP contribution in [0.5, 0.6) is 0 Å². The summed E-state index contributed by atoms with van der Waals surface area (Å²) in [6.45, 7) is 17.0. The Morgan fingerprint density at radius 3 is 1.80 bits per heavy atom. The fraction of sp³-hybridized carbons (Fsp3) is 1.00. The molecule has 3 nitrogen and oxygen atoms in total. The molecule has 0 unspecified atom stereocenters. The molecule has 0 saturated heterocycles. The Balaban J connectivity index is 4.22. The summed E-state index contributed by atoms with van der Waals surface area (Å²) in [6.07, 6.45) is 2.14. The first kappa shape index (κ1) is 19.9. The molecule has 0 radical (unpaired) electrons. The highest BCUT2D eigenvalue weighted by Crippen LogP contribution is 2.26. The molecule has 0 aliphatic heterocycles. The average molecular weight is 307 g/mol. The van der Waals surface area contributed by atoms with E-state index in [4.69, 9.17) is 4.74 Å². The maximum absolute atomic E-state index is 12.2. The smallest absolute Gasteiger partial charge is 0.155 e. The van der Waals surface area contributed by atoms with Gasteiger partial charge in [-0.3, -0.25) is 0 Å². The molecule has 0 aliphatic carbocycles. The van der Waals surface area contributed by atoms with Crippen LogP contribution in [0.1, 0.15) is 68.2 Å². The van der Waals surface area contributed by atoms with E-state index < -0.39 is 14.6 Å². The molecule has 0 amide bonds. The van der Waals surface area contributed by atoms with E-state index in [1.807, 2.05) is 13.8 Å². The first-order valence-electron chi connectivity index (χ1n) is 7.46. The summed E-state index contributed by atoms with van der Waals surface area (Å²) in [6, 6.07) is 0. The SMILES string of the molecule is CC(C)(C)CCCOCC(C)(C)CS(=O)(=O)C(C)(C)C. The average Bonchev–Trinajstić information content (AvgIpc) is 2.10. The lowest BCUT2D eigenvalue weighted by Gasteiger charge is -2.29. The lowest BCUT2D eigenvalue weighted by molar-refractivity contribution is 0.0659. The quantitative estimate of drug-likeness (QED) is 0.666. The van der Waals surface area contributed by atoms with Gasteiger partial charge in [0.1, 0.15) is 0 Å². The standard InChI is InChI=1S/C16H34O3S/c1-14(2,3)10-9-11-19-12-16(7,8)13-20(17,18)15(4,5)6/h9-13H2,1-8H3. The predicted molar refractivity (Wildman–Crippen MR) is 86.8 cm³/mol. The van der Waals surface area contributed by atoms with Crippen LogP contribution in [-0.4, -0.2) is 32.1 Å². The van der Waals surface area contributed by atoms with Gasteiger partial charge >= 0.3 is 0 Å². The third-order valence-corrected chi connectivity index (χ3v) is 6.25. The van der Waals surface area contributed by atoms with Crippen LogP contribution in [0.25, 0.3) is 0 Å². The zero-order valence-corrected chi connectivity index (χ0v) is 15.5. The largest absolute Gasteiger partial charge is 0.381 e. The predicted octanol–water partition coefficient (Wildman–Crippen LogP) is 4.07. The van der Waals surface area contributed by atoms with Crippen LogP contribution in [0, 0.1) is 10.8 Å². The highest BCUT2D eigenvalue weighted by atomic mass is 32.2. The molecule has 0 aromatic carbocycles. The van der Waals surface area contributed by atoms with E-state index >= 15 is 0 Å². The van der Waals surface area contributed by atoms with Gasteiger partial charge < -0.3 is 4.74 Å². The second kappa shape index (κ2) is 6.78. The molecule has 4 heteroatoms. The van der Waals surface area contributed by atoms with E-state index in [0.29, 0.717) is 18.6 Å². The normalized spacial score (nSPS) is 14.6. The topological polar surface area (TPSA) is 43.4 Å². The molecule has 0 aromatic heterocycles. The van der Waals surface area contributed by atoms with Gasteiger partial charge in [0.15, 0.2) is 9.84 Å².